The molecule has 0 saturated carbocycles. The van der Waals surface area contributed by atoms with Crippen molar-refractivity contribution in [3.63, 3.8) is 0 Å². The zero-order valence-electron chi connectivity index (χ0n) is 17.5. The van der Waals surface area contributed by atoms with Crippen LogP contribution in [-0.2, 0) is 25.5 Å². The Labute approximate surface area is 170 Å². The van der Waals surface area contributed by atoms with Gasteiger partial charge >= 0.3 is 11.9 Å². The molecule has 0 saturated heterocycles. The van der Waals surface area contributed by atoms with Gasteiger partial charge in [0.25, 0.3) is 0 Å². The Morgan fingerprint density at radius 3 is 2.17 bits per heavy atom. The van der Waals surface area contributed by atoms with Gasteiger partial charge in [0.1, 0.15) is 6.10 Å². The van der Waals surface area contributed by atoms with Gasteiger partial charge in [-0.2, -0.15) is 0 Å². The highest BCUT2D eigenvalue weighted by molar-refractivity contribution is 6.02. The molecule has 0 bridgehead atoms. The average molecular weight is 408 g/mol. The fraction of sp³-hybridized carbons (Fsp3) is 0.476. The van der Waals surface area contributed by atoms with Crippen molar-refractivity contribution in [1.29, 1.82) is 0 Å². The second kappa shape index (κ2) is 11.7. The summed E-state index contributed by atoms with van der Waals surface area (Å²) in [7, 11) is 5.60. The Kier molecular flexibility index (Phi) is 9.71. The molecule has 8 heteroatoms. The van der Waals surface area contributed by atoms with Crippen LogP contribution in [0.15, 0.2) is 18.7 Å². The lowest BCUT2D eigenvalue weighted by molar-refractivity contribution is -0.144. The zero-order valence-corrected chi connectivity index (χ0v) is 17.5. The summed E-state index contributed by atoms with van der Waals surface area (Å²) in [5.74, 6) is -0.313. The van der Waals surface area contributed by atoms with Crippen molar-refractivity contribution in [2.24, 2.45) is 0 Å². The third-order valence-electron chi connectivity index (χ3n) is 4.25. The molecule has 0 fully saturated rings. The van der Waals surface area contributed by atoms with E-state index in [4.69, 9.17) is 18.9 Å². The van der Waals surface area contributed by atoms with Crippen LogP contribution in [-0.4, -0.2) is 52.3 Å². The van der Waals surface area contributed by atoms with Crippen LogP contribution in [0.25, 0.3) is 0 Å². The molecular weight excluding hydrogens is 380 g/mol. The number of aryl methyl sites for hydroxylation is 1. The number of hydrogen-bond donors (Lipinski definition) is 0. The van der Waals surface area contributed by atoms with Crippen molar-refractivity contribution in [3.05, 3.63) is 29.8 Å². The third-order valence-corrected chi connectivity index (χ3v) is 4.25. The molecule has 0 heterocycles. The molecule has 0 aliphatic carbocycles. The van der Waals surface area contributed by atoms with E-state index in [1.54, 1.807) is 6.07 Å². The topological polar surface area (TPSA) is 97.4 Å². The van der Waals surface area contributed by atoms with E-state index in [1.807, 2.05) is 0 Å². The number of Topliss-reactive ketones (excluding diaryl/α,β-unsaturated/α-hetero) is 1. The van der Waals surface area contributed by atoms with Crippen LogP contribution in [0.5, 0.6) is 17.2 Å². The first-order valence-electron chi connectivity index (χ1n) is 9.04. The fourth-order valence-corrected chi connectivity index (χ4v) is 2.89. The summed E-state index contributed by atoms with van der Waals surface area (Å²) in [5.41, 5.74) is 0.910. The van der Waals surface area contributed by atoms with Gasteiger partial charge in [0.2, 0.25) is 5.75 Å². The second-order valence-electron chi connectivity index (χ2n) is 6.10. The monoisotopic (exact) mass is 408 g/mol. The predicted molar refractivity (Wildman–Crippen MR) is 106 cm³/mol. The summed E-state index contributed by atoms with van der Waals surface area (Å²) in [5, 5.41) is 0. The average Bonchev–Trinajstić information content (AvgIpc) is 2.72. The normalized spacial score (nSPS) is 11.2. The van der Waals surface area contributed by atoms with Crippen LogP contribution in [0.2, 0.25) is 0 Å². The van der Waals surface area contributed by atoms with Crippen molar-refractivity contribution < 1.29 is 38.1 Å². The van der Waals surface area contributed by atoms with E-state index < -0.39 is 18.0 Å². The van der Waals surface area contributed by atoms with Gasteiger partial charge in [0, 0.05) is 13.3 Å². The molecule has 0 radical (unpaired) electrons. The molecule has 0 aromatic heterocycles. The third kappa shape index (κ3) is 6.51. The van der Waals surface area contributed by atoms with Crippen molar-refractivity contribution in [2.45, 2.75) is 38.7 Å². The lowest BCUT2D eigenvalue weighted by Crippen LogP contribution is -2.16. The van der Waals surface area contributed by atoms with Gasteiger partial charge < -0.3 is 23.7 Å². The lowest BCUT2D eigenvalue weighted by atomic mass is 9.94. The summed E-state index contributed by atoms with van der Waals surface area (Å²) in [4.78, 5) is 35.6. The molecule has 0 amide bonds. The number of esters is 2. The molecule has 1 aromatic rings. The van der Waals surface area contributed by atoms with Gasteiger partial charge in [0.15, 0.2) is 17.3 Å². The molecule has 0 spiro atoms. The van der Waals surface area contributed by atoms with Crippen LogP contribution < -0.4 is 14.2 Å². The molecule has 0 aliphatic rings. The number of carbonyl (C=O) groups excluding carboxylic acids is 3. The second-order valence-corrected chi connectivity index (χ2v) is 6.10. The van der Waals surface area contributed by atoms with E-state index in [0.717, 1.165) is 0 Å². The molecule has 29 heavy (non-hydrogen) atoms. The molecule has 8 nitrogen and oxygen atoms in total. The van der Waals surface area contributed by atoms with Crippen LogP contribution in [0.4, 0.5) is 0 Å². The van der Waals surface area contributed by atoms with Gasteiger partial charge in [-0.3, -0.25) is 14.4 Å². The maximum absolute atomic E-state index is 12.9. The molecular formula is C21H28O8. The molecule has 160 valence electrons. The Hall–Kier alpha value is -3.03. The van der Waals surface area contributed by atoms with Crippen molar-refractivity contribution >= 4 is 17.7 Å². The van der Waals surface area contributed by atoms with E-state index in [2.05, 4.69) is 11.3 Å². The summed E-state index contributed by atoms with van der Waals surface area (Å²) in [6, 6.07) is 1.68. The number of carbonyl (C=O) groups is 3. The van der Waals surface area contributed by atoms with Crippen LogP contribution in [0, 0.1) is 0 Å². The van der Waals surface area contributed by atoms with Crippen molar-refractivity contribution in [1.82, 2.24) is 0 Å². The molecule has 1 unspecified atom stereocenters. The summed E-state index contributed by atoms with van der Waals surface area (Å²) < 4.78 is 26.0. The Bertz CT molecular complexity index is 754. The largest absolute Gasteiger partial charge is 0.493 e. The minimum absolute atomic E-state index is 0.0552. The van der Waals surface area contributed by atoms with E-state index in [0.29, 0.717) is 29.7 Å². The van der Waals surface area contributed by atoms with E-state index in [1.165, 1.54) is 41.4 Å². The highest BCUT2D eigenvalue weighted by atomic mass is 16.5. The maximum Gasteiger partial charge on any atom is 0.305 e. The van der Waals surface area contributed by atoms with E-state index in [-0.39, 0.29) is 30.1 Å². The SMILES string of the molecule is C=CC(CCc1cc(OC)c(OC)c(OC)c1C(=O)CCC(=O)OC)OC(C)=O. The molecule has 1 atom stereocenters. The lowest BCUT2D eigenvalue weighted by Gasteiger charge is -2.20. The van der Waals surface area contributed by atoms with E-state index in [9.17, 15) is 14.4 Å². The standard InChI is InChI=1S/C21H28O8/c1-7-15(29-13(2)22)9-8-14-12-17(25-3)20(27-5)21(28-6)19(14)16(23)10-11-18(24)26-4/h7,12,15H,1,8-11H2,2-6H3. The van der Waals surface area contributed by atoms with Gasteiger partial charge in [-0.05, 0) is 24.5 Å². The van der Waals surface area contributed by atoms with Gasteiger partial charge in [0.05, 0.1) is 40.4 Å². The van der Waals surface area contributed by atoms with Crippen molar-refractivity contribution in [3.8, 4) is 17.2 Å². The minimum Gasteiger partial charge on any atom is -0.493 e. The van der Waals surface area contributed by atoms with Gasteiger partial charge in [-0.25, -0.2) is 0 Å². The molecule has 0 N–H and O–H groups in total. The number of benzene rings is 1. The van der Waals surface area contributed by atoms with Gasteiger partial charge in [-0.15, -0.1) is 0 Å². The highest BCUT2D eigenvalue weighted by Crippen LogP contribution is 2.43. The van der Waals surface area contributed by atoms with Gasteiger partial charge in [-0.1, -0.05) is 12.7 Å². The summed E-state index contributed by atoms with van der Waals surface area (Å²) in [6.45, 7) is 4.99. The Morgan fingerprint density at radius 1 is 1.03 bits per heavy atom. The number of ketones is 1. The first-order chi connectivity index (χ1) is 13.8. The molecule has 1 rings (SSSR count). The van der Waals surface area contributed by atoms with Crippen LogP contribution in [0.3, 0.4) is 0 Å². The smallest absolute Gasteiger partial charge is 0.305 e. The summed E-state index contributed by atoms with van der Waals surface area (Å²) >= 11 is 0. The number of methoxy groups -OCH3 is 4. The Balaban J connectivity index is 3.35. The van der Waals surface area contributed by atoms with E-state index >= 15 is 0 Å². The minimum atomic E-state index is -0.510. The van der Waals surface area contributed by atoms with Crippen LogP contribution >= 0.6 is 0 Å². The first kappa shape index (κ1) is 24.0. The molecule has 1 aromatic carbocycles. The number of hydrogen-bond acceptors (Lipinski definition) is 8. The maximum atomic E-state index is 12.9. The number of rotatable bonds is 12. The Morgan fingerprint density at radius 2 is 1.69 bits per heavy atom. The number of ether oxygens (including phenoxy) is 5. The fourth-order valence-electron chi connectivity index (χ4n) is 2.89. The highest BCUT2D eigenvalue weighted by Gasteiger charge is 2.26. The summed E-state index contributed by atoms with van der Waals surface area (Å²) in [6.07, 6.45) is 1.68. The molecule has 0 aliphatic heterocycles. The quantitative estimate of drug-likeness (QED) is 0.296. The predicted octanol–water partition coefficient (Wildman–Crippen LogP) is 2.90. The first-order valence-corrected chi connectivity index (χ1v) is 9.04. The van der Waals surface area contributed by atoms with Crippen molar-refractivity contribution in [2.75, 3.05) is 28.4 Å². The van der Waals surface area contributed by atoms with Crippen LogP contribution in [0.1, 0.15) is 42.1 Å². The zero-order chi connectivity index (χ0) is 22.0.